The van der Waals surface area contributed by atoms with E-state index in [2.05, 4.69) is 15.5 Å². The second kappa shape index (κ2) is 5.44. The molecule has 6 nitrogen and oxygen atoms in total. The number of aromatic nitrogens is 2. The quantitative estimate of drug-likeness (QED) is 0.894. The smallest absolute Gasteiger partial charge is 0.407 e. The highest BCUT2D eigenvalue weighted by molar-refractivity contribution is 6.29. The standard InChI is InChI=1S/C13H17ClN4O2/c14-11-3-4-12(17-16-11)15-5-8-1-2-9-6-18(13(19)20)7-10(8)9/h3-4,8-10H,1-2,5-7H2,(H,15,17)(H,19,20). The maximum absolute atomic E-state index is 11.0. The van der Waals surface area contributed by atoms with E-state index in [1.165, 1.54) is 0 Å². The van der Waals surface area contributed by atoms with Gasteiger partial charge < -0.3 is 15.3 Å². The SMILES string of the molecule is O=C(O)N1CC2CCC(CNc3ccc(Cl)nn3)C2C1. The topological polar surface area (TPSA) is 78.4 Å². The van der Waals surface area contributed by atoms with Gasteiger partial charge in [-0.3, -0.25) is 0 Å². The van der Waals surface area contributed by atoms with E-state index in [1.54, 1.807) is 17.0 Å². The van der Waals surface area contributed by atoms with Gasteiger partial charge in [-0.15, -0.1) is 10.2 Å². The lowest BCUT2D eigenvalue weighted by Gasteiger charge is -2.19. The molecule has 0 aromatic carbocycles. The first-order chi connectivity index (χ1) is 9.63. The first kappa shape index (κ1) is 13.4. The Labute approximate surface area is 122 Å². The van der Waals surface area contributed by atoms with Crippen molar-refractivity contribution in [3.63, 3.8) is 0 Å². The van der Waals surface area contributed by atoms with E-state index < -0.39 is 6.09 Å². The van der Waals surface area contributed by atoms with E-state index in [9.17, 15) is 4.79 Å². The molecule has 20 heavy (non-hydrogen) atoms. The van der Waals surface area contributed by atoms with Gasteiger partial charge in [-0.25, -0.2) is 4.79 Å². The van der Waals surface area contributed by atoms with Crippen LogP contribution in [0.1, 0.15) is 12.8 Å². The molecular weight excluding hydrogens is 280 g/mol. The third kappa shape index (κ3) is 2.65. The van der Waals surface area contributed by atoms with E-state index in [0.29, 0.717) is 41.8 Å². The Kier molecular flexibility index (Phi) is 3.65. The summed E-state index contributed by atoms with van der Waals surface area (Å²) in [6, 6.07) is 3.51. The number of nitrogens with one attached hydrogen (secondary N) is 1. The molecule has 3 rings (SSSR count). The summed E-state index contributed by atoms with van der Waals surface area (Å²) in [7, 11) is 0. The minimum absolute atomic E-state index is 0.379. The molecule has 0 radical (unpaired) electrons. The average Bonchev–Trinajstić information content (AvgIpc) is 2.99. The highest BCUT2D eigenvalue weighted by Crippen LogP contribution is 2.42. The van der Waals surface area contributed by atoms with Gasteiger partial charge in [0.05, 0.1) is 0 Å². The number of nitrogens with zero attached hydrogens (tertiary/aromatic N) is 3. The van der Waals surface area contributed by atoms with Crippen LogP contribution in [-0.2, 0) is 0 Å². The van der Waals surface area contributed by atoms with E-state index >= 15 is 0 Å². The van der Waals surface area contributed by atoms with Gasteiger partial charge in [-0.1, -0.05) is 11.6 Å². The van der Waals surface area contributed by atoms with Crippen molar-refractivity contribution in [2.45, 2.75) is 12.8 Å². The first-order valence-corrected chi connectivity index (χ1v) is 7.22. The summed E-state index contributed by atoms with van der Waals surface area (Å²) < 4.78 is 0. The molecule has 0 spiro atoms. The molecule has 1 amide bonds. The molecule has 1 saturated carbocycles. The third-order valence-electron chi connectivity index (χ3n) is 4.45. The van der Waals surface area contributed by atoms with E-state index in [1.807, 2.05) is 0 Å². The summed E-state index contributed by atoms with van der Waals surface area (Å²) in [5, 5.41) is 20.5. The fourth-order valence-electron chi connectivity index (χ4n) is 3.43. The van der Waals surface area contributed by atoms with Crippen LogP contribution in [0.25, 0.3) is 0 Å². The number of fused-ring (bicyclic) bond motifs is 1. The summed E-state index contributed by atoms with van der Waals surface area (Å²) in [5.74, 6) is 2.21. The number of hydrogen-bond donors (Lipinski definition) is 2. The molecule has 1 aliphatic carbocycles. The maximum Gasteiger partial charge on any atom is 0.407 e. The summed E-state index contributed by atoms with van der Waals surface area (Å²) in [4.78, 5) is 12.6. The first-order valence-electron chi connectivity index (χ1n) is 6.84. The van der Waals surface area contributed by atoms with Crippen molar-refractivity contribution in [2.24, 2.45) is 17.8 Å². The van der Waals surface area contributed by atoms with Crippen molar-refractivity contribution >= 4 is 23.5 Å². The Morgan fingerprint density at radius 2 is 2.25 bits per heavy atom. The van der Waals surface area contributed by atoms with Gasteiger partial charge in [0, 0.05) is 19.6 Å². The van der Waals surface area contributed by atoms with E-state index in [-0.39, 0.29) is 0 Å². The molecule has 1 aromatic rings. The number of halogens is 1. The van der Waals surface area contributed by atoms with Crippen LogP contribution in [0, 0.1) is 17.8 Å². The zero-order valence-electron chi connectivity index (χ0n) is 11.0. The minimum atomic E-state index is -0.797. The van der Waals surface area contributed by atoms with E-state index in [4.69, 9.17) is 16.7 Å². The van der Waals surface area contributed by atoms with Crippen molar-refractivity contribution in [3.05, 3.63) is 17.3 Å². The molecule has 3 atom stereocenters. The number of rotatable bonds is 3. The third-order valence-corrected chi connectivity index (χ3v) is 4.65. The molecule has 7 heteroatoms. The Morgan fingerprint density at radius 1 is 1.40 bits per heavy atom. The molecular formula is C13H17ClN4O2. The van der Waals surface area contributed by atoms with Crippen molar-refractivity contribution in [2.75, 3.05) is 25.0 Å². The maximum atomic E-state index is 11.0. The van der Waals surface area contributed by atoms with Crippen LogP contribution in [0.3, 0.4) is 0 Å². The lowest BCUT2D eigenvalue weighted by molar-refractivity contribution is 0.151. The highest BCUT2D eigenvalue weighted by atomic mass is 35.5. The molecule has 108 valence electrons. The van der Waals surface area contributed by atoms with Crippen molar-refractivity contribution in [1.82, 2.24) is 15.1 Å². The Bertz CT molecular complexity index is 496. The van der Waals surface area contributed by atoms with Crippen LogP contribution >= 0.6 is 11.6 Å². The van der Waals surface area contributed by atoms with Gasteiger partial charge in [0.1, 0.15) is 5.82 Å². The molecule has 1 aromatic heterocycles. The molecule has 3 unspecified atom stereocenters. The minimum Gasteiger partial charge on any atom is -0.465 e. The zero-order valence-corrected chi connectivity index (χ0v) is 11.8. The van der Waals surface area contributed by atoms with Gasteiger partial charge in [0.15, 0.2) is 5.15 Å². The summed E-state index contributed by atoms with van der Waals surface area (Å²) in [6.07, 6.45) is 1.47. The average molecular weight is 297 g/mol. The number of carbonyl (C=O) groups is 1. The monoisotopic (exact) mass is 296 g/mol. The van der Waals surface area contributed by atoms with Gasteiger partial charge in [-0.2, -0.15) is 0 Å². The van der Waals surface area contributed by atoms with Gasteiger partial charge in [-0.05, 0) is 42.7 Å². The lowest BCUT2D eigenvalue weighted by Crippen LogP contribution is -2.29. The molecule has 2 N–H and O–H groups in total. The molecule has 1 saturated heterocycles. The van der Waals surface area contributed by atoms with Crippen LogP contribution in [0.5, 0.6) is 0 Å². The highest BCUT2D eigenvalue weighted by Gasteiger charge is 2.43. The summed E-state index contributed by atoms with van der Waals surface area (Å²) in [5.41, 5.74) is 0. The molecule has 0 bridgehead atoms. The van der Waals surface area contributed by atoms with Crippen LogP contribution in [0.15, 0.2) is 12.1 Å². The number of likely N-dealkylation sites (tertiary alicyclic amines) is 1. The van der Waals surface area contributed by atoms with Gasteiger partial charge in [0.2, 0.25) is 0 Å². The second-order valence-electron chi connectivity index (χ2n) is 5.57. The Balaban J connectivity index is 1.56. The predicted octanol–water partition coefficient (Wildman–Crippen LogP) is 2.18. The van der Waals surface area contributed by atoms with Crippen molar-refractivity contribution in [3.8, 4) is 0 Å². The Morgan fingerprint density at radius 3 is 2.95 bits per heavy atom. The van der Waals surface area contributed by atoms with Crippen LogP contribution in [0.4, 0.5) is 10.6 Å². The lowest BCUT2D eigenvalue weighted by atomic mass is 9.92. The zero-order chi connectivity index (χ0) is 14.1. The number of carboxylic acid groups (broad SMARTS) is 1. The second-order valence-corrected chi connectivity index (χ2v) is 5.96. The number of anilines is 1. The van der Waals surface area contributed by atoms with Crippen LogP contribution in [-0.4, -0.2) is 45.9 Å². The molecule has 2 aliphatic rings. The van der Waals surface area contributed by atoms with Crippen LogP contribution in [0.2, 0.25) is 5.15 Å². The largest absolute Gasteiger partial charge is 0.465 e. The molecule has 2 heterocycles. The van der Waals surface area contributed by atoms with Gasteiger partial charge >= 0.3 is 6.09 Å². The molecule has 1 aliphatic heterocycles. The Hall–Kier alpha value is -1.56. The van der Waals surface area contributed by atoms with Gasteiger partial charge in [0.25, 0.3) is 0 Å². The van der Waals surface area contributed by atoms with Crippen molar-refractivity contribution in [1.29, 1.82) is 0 Å². The molecule has 2 fully saturated rings. The number of hydrogen-bond acceptors (Lipinski definition) is 4. The van der Waals surface area contributed by atoms with E-state index in [0.717, 1.165) is 19.4 Å². The predicted molar refractivity (Wildman–Crippen MR) is 74.8 cm³/mol. The summed E-state index contributed by atoms with van der Waals surface area (Å²) >= 11 is 5.70. The summed E-state index contributed by atoms with van der Waals surface area (Å²) in [6.45, 7) is 2.17. The fraction of sp³-hybridized carbons (Fsp3) is 0.615. The van der Waals surface area contributed by atoms with Crippen molar-refractivity contribution < 1.29 is 9.90 Å². The number of amides is 1. The van der Waals surface area contributed by atoms with Crippen LogP contribution < -0.4 is 5.32 Å². The normalized spacial score (nSPS) is 28.4. The fourth-order valence-corrected chi connectivity index (χ4v) is 3.53.